The zero-order chi connectivity index (χ0) is 8.97. The van der Waals surface area contributed by atoms with Gasteiger partial charge in [0.25, 0.3) is 0 Å². The van der Waals surface area contributed by atoms with Crippen molar-refractivity contribution in [2.45, 2.75) is 19.4 Å². The molecule has 0 saturated heterocycles. The second-order valence-corrected chi connectivity index (χ2v) is 2.80. The lowest BCUT2D eigenvalue weighted by Crippen LogP contribution is -2.15. The summed E-state index contributed by atoms with van der Waals surface area (Å²) in [5.74, 6) is -0.166. The second kappa shape index (κ2) is 4.21. The van der Waals surface area contributed by atoms with E-state index in [1.807, 2.05) is 13.1 Å². The number of benzene rings is 1. The molecule has 0 heterocycles. The van der Waals surface area contributed by atoms with Crippen LogP contribution in [-0.2, 0) is 0 Å². The quantitative estimate of drug-likeness (QED) is 0.729. The van der Waals surface area contributed by atoms with E-state index >= 15 is 0 Å². The summed E-state index contributed by atoms with van der Waals surface area (Å²) in [4.78, 5) is 0. The van der Waals surface area contributed by atoms with Crippen molar-refractivity contribution in [2.24, 2.45) is 0 Å². The van der Waals surface area contributed by atoms with Crippen LogP contribution in [0.25, 0.3) is 0 Å². The second-order valence-electron chi connectivity index (χ2n) is 2.80. The molecule has 0 radical (unpaired) electrons. The molecule has 0 aliphatic heterocycles. The Balaban J connectivity index is 2.85. The Labute approximate surface area is 72.6 Å². The first-order valence-corrected chi connectivity index (χ1v) is 4.20. The van der Waals surface area contributed by atoms with Gasteiger partial charge in [-0.05, 0) is 31.2 Å². The molecule has 1 nitrogen and oxygen atoms in total. The van der Waals surface area contributed by atoms with Gasteiger partial charge in [0.05, 0.1) is 0 Å². The van der Waals surface area contributed by atoms with Gasteiger partial charge in [-0.15, -0.1) is 0 Å². The Morgan fingerprint density at radius 3 is 2.75 bits per heavy atom. The van der Waals surface area contributed by atoms with Crippen LogP contribution in [0.4, 0.5) is 4.39 Å². The fourth-order valence-corrected chi connectivity index (χ4v) is 1.33. The lowest BCUT2D eigenvalue weighted by Gasteiger charge is -2.13. The van der Waals surface area contributed by atoms with Gasteiger partial charge in [-0.1, -0.05) is 19.1 Å². The highest BCUT2D eigenvalue weighted by Crippen LogP contribution is 2.16. The van der Waals surface area contributed by atoms with Crippen LogP contribution >= 0.6 is 0 Å². The molecule has 0 fully saturated rings. The Bertz CT molecular complexity index is 243. The van der Waals surface area contributed by atoms with E-state index in [1.165, 1.54) is 6.07 Å². The van der Waals surface area contributed by atoms with Gasteiger partial charge in [-0.3, -0.25) is 0 Å². The highest BCUT2D eigenvalue weighted by Gasteiger charge is 2.05. The fraction of sp³-hybridized carbons (Fsp3) is 0.400. The van der Waals surface area contributed by atoms with Crippen LogP contribution in [-0.4, -0.2) is 7.05 Å². The van der Waals surface area contributed by atoms with Crippen molar-refractivity contribution in [1.82, 2.24) is 5.32 Å². The van der Waals surface area contributed by atoms with Crippen molar-refractivity contribution in [3.05, 3.63) is 35.6 Å². The zero-order valence-corrected chi connectivity index (χ0v) is 7.47. The van der Waals surface area contributed by atoms with Gasteiger partial charge in [-0.2, -0.15) is 0 Å². The van der Waals surface area contributed by atoms with Crippen LogP contribution in [0.3, 0.4) is 0 Å². The third-order valence-corrected chi connectivity index (χ3v) is 2.01. The Morgan fingerprint density at radius 2 is 2.25 bits per heavy atom. The summed E-state index contributed by atoms with van der Waals surface area (Å²) in [5, 5.41) is 3.13. The molecule has 0 aromatic heterocycles. The summed E-state index contributed by atoms with van der Waals surface area (Å²) in [6.07, 6.45) is 0.972. The molecule has 0 unspecified atom stereocenters. The first-order valence-electron chi connectivity index (χ1n) is 4.20. The molecule has 0 saturated carbocycles. The van der Waals surface area contributed by atoms with E-state index < -0.39 is 0 Å². The van der Waals surface area contributed by atoms with Crippen LogP contribution < -0.4 is 5.32 Å². The Morgan fingerprint density at radius 1 is 1.50 bits per heavy atom. The zero-order valence-electron chi connectivity index (χ0n) is 7.47. The van der Waals surface area contributed by atoms with Crippen molar-refractivity contribution in [3.8, 4) is 0 Å². The van der Waals surface area contributed by atoms with Crippen molar-refractivity contribution in [3.63, 3.8) is 0 Å². The van der Waals surface area contributed by atoms with E-state index in [4.69, 9.17) is 0 Å². The van der Waals surface area contributed by atoms with E-state index in [1.54, 1.807) is 12.1 Å². The van der Waals surface area contributed by atoms with Gasteiger partial charge in [0.1, 0.15) is 5.82 Å². The lowest BCUT2D eigenvalue weighted by molar-refractivity contribution is 0.565. The van der Waals surface area contributed by atoms with E-state index in [0.717, 1.165) is 12.0 Å². The van der Waals surface area contributed by atoms with Gasteiger partial charge in [0.2, 0.25) is 0 Å². The fourth-order valence-electron chi connectivity index (χ4n) is 1.33. The van der Waals surface area contributed by atoms with Crippen LogP contribution in [0, 0.1) is 5.82 Å². The average molecular weight is 167 g/mol. The largest absolute Gasteiger partial charge is 0.313 e. The Hall–Kier alpha value is -0.890. The summed E-state index contributed by atoms with van der Waals surface area (Å²) < 4.78 is 12.8. The average Bonchev–Trinajstić information content (AvgIpc) is 2.07. The van der Waals surface area contributed by atoms with Gasteiger partial charge < -0.3 is 5.32 Å². The SMILES string of the molecule is CC[C@@H](NC)c1cccc(F)c1. The molecule has 0 spiro atoms. The number of halogens is 1. The topological polar surface area (TPSA) is 12.0 Å². The van der Waals surface area contributed by atoms with E-state index in [9.17, 15) is 4.39 Å². The van der Waals surface area contributed by atoms with Gasteiger partial charge >= 0.3 is 0 Å². The summed E-state index contributed by atoms with van der Waals surface area (Å²) in [7, 11) is 1.89. The molecule has 1 N–H and O–H groups in total. The number of nitrogens with one attached hydrogen (secondary N) is 1. The van der Waals surface area contributed by atoms with Crippen molar-refractivity contribution in [2.75, 3.05) is 7.05 Å². The minimum atomic E-state index is -0.166. The van der Waals surface area contributed by atoms with E-state index in [0.29, 0.717) is 0 Å². The van der Waals surface area contributed by atoms with Crippen molar-refractivity contribution < 1.29 is 4.39 Å². The number of hydrogen-bond donors (Lipinski definition) is 1. The minimum absolute atomic E-state index is 0.166. The van der Waals surface area contributed by atoms with Crippen LogP contribution in [0.1, 0.15) is 24.9 Å². The minimum Gasteiger partial charge on any atom is -0.313 e. The lowest BCUT2D eigenvalue weighted by atomic mass is 10.1. The molecule has 2 heteroatoms. The molecule has 0 aliphatic carbocycles. The highest BCUT2D eigenvalue weighted by atomic mass is 19.1. The third-order valence-electron chi connectivity index (χ3n) is 2.01. The van der Waals surface area contributed by atoms with Crippen LogP contribution in [0.15, 0.2) is 24.3 Å². The van der Waals surface area contributed by atoms with Crippen LogP contribution in [0.2, 0.25) is 0 Å². The first kappa shape index (κ1) is 9.20. The summed E-state index contributed by atoms with van der Waals surface area (Å²) in [6.45, 7) is 2.08. The predicted molar refractivity (Wildman–Crippen MR) is 48.5 cm³/mol. The standard InChI is InChI=1S/C10H14FN/c1-3-10(12-2)8-5-4-6-9(11)7-8/h4-7,10,12H,3H2,1-2H3/t10-/m1/s1. The number of rotatable bonds is 3. The summed E-state index contributed by atoms with van der Waals surface area (Å²) in [5.41, 5.74) is 1.01. The van der Waals surface area contributed by atoms with Gasteiger partial charge in [0, 0.05) is 6.04 Å². The predicted octanol–water partition coefficient (Wildman–Crippen LogP) is 2.50. The molecule has 1 aromatic carbocycles. The summed E-state index contributed by atoms with van der Waals surface area (Å²) >= 11 is 0. The molecule has 12 heavy (non-hydrogen) atoms. The normalized spacial score (nSPS) is 12.9. The van der Waals surface area contributed by atoms with E-state index in [2.05, 4.69) is 12.2 Å². The molecule has 0 bridgehead atoms. The smallest absolute Gasteiger partial charge is 0.123 e. The Kier molecular flexibility index (Phi) is 3.23. The maximum absolute atomic E-state index is 12.8. The summed E-state index contributed by atoms with van der Waals surface area (Å²) in [6, 6.07) is 6.98. The monoisotopic (exact) mass is 167 g/mol. The van der Waals surface area contributed by atoms with Crippen molar-refractivity contribution >= 4 is 0 Å². The first-order chi connectivity index (χ1) is 5.77. The van der Waals surface area contributed by atoms with Crippen LogP contribution in [0.5, 0.6) is 0 Å². The van der Waals surface area contributed by atoms with Gasteiger partial charge in [-0.25, -0.2) is 4.39 Å². The molecular formula is C10H14FN. The molecule has 66 valence electrons. The van der Waals surface area contributed by atoms with Gasteiger partial charge in [0.15, 0.2) is 0 Å². The molecule has 0 amide bonds. The third kappa shape index (κ3) is 2.05. The molecular weight excluding hydrogens is 153 g/mol. The van der Waals surface area contributed by atoms with Crippen molar-refractivity contribution in [1.29, 1.82) is 0 Å². The number of hydrogen-bond acceptors (Lipinski definition) is 1. The maximum Gasteiger partial charge on any atom is 0.123 e. The molecule has 1 atom stereocenters. The maximum atomic E-state index is 12.8. The molecule has 0 aliphatic rings. The van der Waals surface area contributed by atoms with E-state index in [-0.39, 0.29) is 11.9 Å². The molecule has 1 aromatic rings. The molecule has 1 rings (SSSR count). The highest BCUT2D eigenvalue weighted by molar-refractivity contribution is 5.19.